The lowest BCUT2D eigenvalue weighted by atomic mass is 10.1. The van der Waals surface area contributed by atoms with Crippen molar-refractivity contribution in [1.82, 2.24) is 4.98 Å². The second-order valence-electron chi connectivity index (χ2n) is 3.92. The molecular formula is C10H12N6O. The molecule has 0 radical (unpaired) electrons. The smallest absolute Gasteiger partial charge is 0.227 e. The van der Waals surface area contributed by atoms with Crippen molar-refractivity contribution in [2.24, 2.45) is 11.0 Å². The van der Waals surface area contributed by atoms with E-state index in [1.807, 2.05) is 0 Å². The summed E-state index contributed by atoms with van der Waals surface area (Å²) in [6.07, 6.45) is 3.50. The molecule has 2 N–H and O–H groups in total. The van der Waals surface area contributed by atoms with Crippen LogP contribution in [0.4, 0.5) is 11.4 Å². The van der Waals surface area contributed by atoms with Gasteiger partial charge in [0.25, 0.3) is 0 Å². The van der Waals surface area contributed by atoms with E-state index in [1.54, 1.807) is 17.2 Å². The zero-order valence-corrected chi connectivity index (χ0v) is 9.15. The first-order valence-electron chi connectivity index (χ1n) is 5.23. The third-order valence-corrected chi connectivity index (χ3v) is 2.73. The Morgan fingerprint density at radius 3 is 3.24 bits per heavy atom. The number of amides is 1. The van der Waals surface area contributed by atoms with Gasteiger partial charge in [0.1, 0.15) is 0 Å². The molecule has 1 saturated heterocycles. The highest BCUT2D eigenvalue weighted by Gasteiger charge is 2.30. The van der Waals surface area contributed by atoms with Gasteiger partial charge in [-0.1, -0.05) is 5.11 Å². The van der Waals surface area contributed by atoms with Crippen LogP contribution in [-0.2, 0) is 4.79 Å². The molecule has 1 aliphatic heterocycles. The molecule has 1 aliphatic rings. The number of nitrogen functional groups attached to an aromatic ring is 1. The standard InChI is InChI=1S/C10H12N6O/c11-8-5-13-2-1-9(8)16-6-7(3-10(16)17)4-14-15-12/h1-2,5,7H,3-4,6,11H2. The van der Waals surface area contributed by atoms with Crippen LogP contribution < -0.4 is 10.6 Å². The molecule has 2 heterocycles. The van der Waals surface area contributed by atoms with Crippen molar-refractivity contribution in [2.45, 2.75) is 6.42 Å². The van der Waals surface area contributed by atoms with Gasteiger partial charge in [-0.05, 0) is 17.5 Å². The molecule has 17 heavy (non-hydrogen) atoms. The van der Waals surface area contributed by atoms with Crippen molar-refractivity contribution in [3.05, 3.63) is 28.9 Å². The number of rotatable bonds is 3. The molecule has 7 heteroatoms. The number of azide groups is 1. The van der Waals surface area contributed by atoms with E-state index in [0.29, 0.717) is 30.9 Å². The number of hydrogen-bond acceptors (Lipinski definition) is 4. The van der Waals surface area contributed by atoms with Crippen molar-refractivity contribution in [2.75, 3.05) is 23.7 Å². The van der Waals surface area contributed by atoms with Crippen LogP contribution in [0.1, 0.15) is 6.42 Å². The Balaban J connectivity index is 2.16. The fraction of sp³-hybridized carbons (Fsp3) is 0.400. The number of carbonyl (C=O) groups excluding carboxylic acids is 1. The van der Waals surface area contributed by atoms with E-state index in [4.69, 9.17) is 11.3 Å². The summed E-state index contributed by atoms with van der Waals surface area (Å²) in [6.45, 7) is 0.871. The van der Waals surface area contributed by atoms with E-state index in [-0.39, 0.29) is 11.8 Å². The van der Waals surface area contributed by atoms with Crippen LogP contribution in [0.15, 0.2) is 23.6 Å². The second-order valence-corrected chi connectivity index (χ2v) is 3.92. The fourth-order valence-corrected chi connectivity index (χ4v) is 1.93. The van der Waals surface area contributed by atoms with Crippen molar-refractivity contribution in [1.29, 1.82) is 0 Å². The average Bonchev–Trinajstić information content (AvgIpc) is 2.68. The molecule has 1 aromatic rings. The summed E-state index contributed by atoms with van der Waals surface area (Å²) in [6, 6.07) is 1.71. The Kier molecular flexibility index (Phi) is 3.11. The van der Waals surface area contributed by atoms with Crippen LogP contribution >= 0.6 is 0 Å². The van der Waals surface area contributed by atoms with Gasteiger partial charge in [0.2, 0.25) is 5.91 Å². The Labute approximate surface area is 97.9 Å². The highest BCUT2D eigenvalue weighted by molar-refractivity contribution is 5.98. The summed E-state index contributed by atoms with van der Waals surface area (Å²) in [5.41, 5.74) is 15.2. The van der Waals surface area contributed by atoms with Crippen LogP contribution in [0.5, 0.6) is 0 Å². The first-order valence-corrected chi connectivity index (χ1v) is 5.23. The molecule has 88 valence electrons. The van der Waals surface area contributed by atoms with Crippen LogP contribution in [-0.4, -0.2) is 24.0 Å². The molecule has 0 saturated carbocycles. The van der Waals surface area contributed by atoms with Gasteiger partial charge in [-0.2, -0.15) is 0 Å². The van der Waals surface area contributed by atoms with Crippen LogP contribution in [0, 0.1) is 5.92 Å². The quantitative estimate of drug-likeness (QED) is 0.482. The number of pyridine rings is 1. The maximum absolute atomic E-state index is 11.8. The second kappa shape index (κ2) is 4.71. The van der Waals surface area contributed by atoms with Crippen molar-refractivity contribution >= 4 is 17.3 Å². The van der Waals surface area contributed by atoms with Gasteiger partial charge in [0, 0.05) is 30.6 Å². The molecule has 0 aliphatic carbocycles. The molecular weight excluding hydrogens is 220 g/mol. The Morgan fingerprint density at radius 2 is 2.53 bits per heavy atom. The number of nitrogens with two attached hydrogens (primary N) is 1. The van der Waals surface area contributed by atoms with Crippen LogP contribution in [0.2, 0.25) is 0 Å². The van der Waals surface area contributed by atoms with Gasteiger partial charge in [-0.25, -0.2) is 0 Å². The minimum absolute atomic E-state index is 0.000963. The molecule has 1 amide bonds. The molecule has 7 nitrogen and oxygen atoms in total. The Morgan fingerprint density at radius 1 is 1.71 bits per heavy atom. The summed E-state index contributed by atoms with van der Waals surface area (Å²) in [7, 11) is 0. The largest absolute Gasteiger partial charge is 0.396 e. The van der Waals surface area contributed by atoms with E-state index in [9.17, 15) is 4.79 Å². The van der Waals surface area contributed by atoms with Gasteiger partial charge >= 0.3 is 0 Å². The molecule has 1 unspecified atom stereocenters. The van der Waals surface area contributed by atoms with Gasteiger partial charge in [0.05, 0.1) is 17.6 Å². The lowest BCUT2D eigenvalue weighted by Gasteiger charge is -2.17. The van der Waals surface area contributed by atoms with Gasteiger partial charge in [-0.3, -0.25) is 9.78 Å². The first kappa shape index (κ1) is 11.2. The molecule has 1 atom stereocenters. The van der Waals surface area contributed by atoms with E-state index < -0.39 is 0 Å². The van der Waals surface area contributed by atoms with Crippen molar-refractivity contribution in [3.8, 4) is 0 Å². The lowest BCUT2D eigenvalue weighted by molar-refractivity contribution is -0.117. The summed E-state index contributed by atoms with van der Waals surface area (Å²) < 4.78 is 0. The third kappa shape index (κ3) is 2.29. The molecule has 0 bridgehead atoms. The summed E-state index contributed by atoms with van der Waals surface area (Å²) in [5, 5.41) is 3.50. The van der Waals surface area contributed by atoms with Crippen molar-refractivity contribution in [3.63, 3.8) is 0 Å². The van der Waals surface area contributed by atoms with Gasteiger partial charge in [-0.15, -0.1) is 0 Å². The average molecular weight is 232 g/mol. The van der Waals surface area contributed by atoms with Crippen molar-refractivity contribution < 1.29 is 4.79 Å². The van der Waals surface area contributed by atoms with Gasteiger partial charge < -0.3 is 10.6 Å². The highest BCUT2D eigenvalue weighted by Crippen LogP contribution is 2.28. The SMILES string of the molecule is [N-]=[N+]=NCC1CC(=O)N(c2ccncc2N)C1. The minimum atomic E-state index is 0.000963. The number of nitrogens with zero attached hydrogens (tertiary/aromatic N) is 5. The summed E-state index contributed by atoms with van der Waals surface area (Å²) >= 11 is 0. The summed E-state index contributed by atoms with van der Waals surface area (Å²) in [4.78, 5) is 20.0. The molecule has 1 aromatic heterocycles. The molecule has 0 aromatic carbocycles. The zero-order valence-electron chi connectivity index (χ0n) is 9.15. The van der Waals surface area contributed by atoms with Crippen LogP contribution in [0.25, 0.3) is 10.4 Å². The number of anilines is 2. The zero-order chi connectivity index (χ0) is 12.3. The van der Waals surface area contributed by atoms with Crippen LogP contribution in [0.3, 0.4) is 0 Å². The lowest BCUT2D eigenvalue weighted by Crippen LogP contribution is -2.25. The normalized spacial score (nSPS) is 19.2. The topological polar surface area (TPSA) is 108 Å². The van der Waals surface area contributed by atoms with E-state index in [1.165, 1.54) is 6.20 Å². The first-order chi connectivity index (χ1) is 8.22. The number of hydrogen-bond donors (Lipinski definition) is 1. The van der Waals surface area contributed by atoms with E-state index in [0.717, 1.165) is 0 Å². The van der Waals surface area contributed by atoms with E-state index >= 15 is 0 Å². The Hall–Kier alpha value is -2.27. The van der Waals surface area contributed by atoms with E-state index in [2.05, 4.69) is 15.0 Å². The number of carbonyl (C=O) groups is 1. The highest BCUT2D eigenvalue weighted by atomic mass is 16.2. The predicted molar refractivity (Wildman–Crippen MR) is 63.1 cm³/mol. The Bertz CT molecular complexity index is 481. The van der Waals surface area contributed by atoms with Gasteiger partial charge in [0.15, 0.2) is 0 Å². The monoisotopic (exact) mass is 232 g/mol. The maximum Gasteiger partial charge on any atom is 0.227 e. The number of aromatic nitrogens is 1. The molecule has 1 fully saturated rings. The summed E-state index contributed by atoms with van der Waals surface area (Å²) in [5.74, 6) is 0.0620. The maximum atomic E-state index is 11.8. The predicted octanol–water partition coefficient (Wildman–Crippen LogP) is 1.33. The fourth-order valence-electron chi connectivity index (χ4n) is 1.93. The molecule has 2 rings (SSSR count). The third-order valence-electron chi connectivity index (χ3n) is 2.73. The minimum Gasteiger partial charge on any atom is -0.396 e. The molecule has 0 spiro atoms.